The van der Waals surface area contributed by atoms with Crippen LogP contribution in [0.5, 0.6) is 0 Å². The van der Waals surface area contributed by atoms with Crippen LogP contribution in [0, 0.1) is 5.92 Å². The van der Waals surface area contributed by atoms with Crippen molar-refractivity contribution in [1.29, 1.82) is 0 Å². The first-order valence-electron chi connectivity index (χ1n) is 6.88. The molecule has 0 aliphatic rings. The molecule has 0 fully saturated rings. The average molecular weight is 278 g/mol. The van der Waals surface area contributed by atoms with Crippen molar-refractivity contribution in [3.05, 3.63) is 35.9 Å². The fourth-order valence-corrected chi connectivity index (χ4v) is 2.08. The predicted molar refractivity (Wildman–Crippen MR) is 78.0 cm³/mol. The molecule has 0 saturated heterocycles. The van der Waals surface area contributed by atoms with Crippen LogP contribution in [0.2, 0.25) is 0 Å². The summed E-state index contributed by atoms with van der Waals surface area (Å²) in [5.74, 6) is 0.0959. The first-order valence-corrected chi connectivity index (χ1v) is 6.88. The summed E-state index contributed by atoms with van der Waals surface area (Å²) in [6.07, 6.45) is 0. The van der Waals surface area contributed by atoms with Gasteiger partial charge >= 0.3 is 6.03 Å². The van der Waals surface area contributed by atoms with Gasteiger partial charge in [0.25, 0.3) is 5.91 Å². The zero-order valence-electron chi connectivity index (χ0n) is 12.5. The normalized spacial score (nSPS) is 13.7. The number of hydrogen-bond acceptors (Lipinski definition) is 2. The Bertz CT molecular complexity index is 446. The van der Waals surface area contributed by atoms with Gasteiger partial charge in [-0.15, -0.1) is 0 Å². The molecule has 0 aliphatic heterocycles. The van der Waals surface area contributed by atoms with E-state index < -0.39 is 6.03 Å². The van der Waals surface area contributed by atoms with E-state index in [1.54, 1.807) is 6.92 Å². The number of quaternary nitrogens is 1. The molecule has 3 amide bonds. The maximum Gasteiger partial charge on any atom is 0.321 e. The molecule has 5 nitrogen and oxygen atoms in total. The summed E-state index contributed by atoms with van der Waals surface area (Å²) in [6, 6.07) is 9.46. The lowest BCUT2D eigenvalue weighted by Crippen LogP contribution is -2.93. The number of carbonyl (C=O) groups is 2. The number of urea groups is 1. The van der Waals surface area contributed by atoms with E-state index >= 15 is 0 Å². The second-order valence-corrected chi connectivity index (χ2v) is 5.23. The fraction of sp³-hybridized carbons (Fsp3) is 0.467. The maximum absolute atomic E-state index is 11.9. The highest BCUT2D eigenvalue weighted by Crippen LogP contribution is 2.17. The van der Waals surface area contributed by atoms with E-state index in [9.17, 15) is 9.59 Å². The van der Waals surface area contributed by atoms with Crippen LogP contribution < -0.4 is 16.0 Å². The Kier molecular flexibility index (Phi) is 6.18. The summed E-state index contributed by atoms with van der Waals surface area (Å²) in [6.45, 7) is 6.05. The van der Waals surface area contributed by atoms with Gasteiger partial charge in [0.2, 0.25) is 0 Å². The van der Waals surface area contributed by atoms with E-state index in [1.165, 1.54) is 12.6 Å². The van der Waals surface area contributed by atoms with Crippen LogP contribution in [0.4, 0.5) is 4.79 Å². The van der Waals surface area contributed by atoms with Crippen LogP contribution >= 0.6 is 0 Å². The van der Waals surface area contributed by atoms with Crippen LogP contribution in [-0.2, 0) is 4.79 Å². The van der Waals surface area contributed by atoms with Gasteiger partial charge in [-0.25, -0.2) is 4.79 Å². The quantitative estimate of drug-likeness (QED) is 0.745. The Morgan fingerprint density at radius 3 is 2.20 bits per heavy atom. The molecular weight excluding hydrogens is 254 g/mol. The Labute approximate surface area is 120 Å². The third-order valence-corrected chi connectivity index (χ3v) is 3.28. The van der Waals surface area contributed by atoms with E-state index in [4.69, 9.17) is 0 Å². The Morgan fingerprint density at radius 1 is 1.10 bits per heavy atom. The molecule has 1 aromatic carbocycles. The highest BCUT2D eigenvalue weighted by molar-refractivity contribution is 5.95. The molecule has 20 heavy (non-hydrogen) atoms. The topological polar surface area (TPSA) is 74.8 Å². The van der Waals surface area contributed by atoms with Gasteiger partial charge in [-0.05, 0) is 6.92 Å². The Hall–Kier alpha value is -1.88. The zero-order chi connectivity index (χ0) is 15.1. The van der Waals surface area contributed by atoms with E-state index in [0.717, 1.165) is 0 Å². The fourth-order valence-electron chi connectivity index (χ4n) is 2.08. The van der Waals surface area contributed by atoms with Crippen LogP contribution in [0.15, 0.2) is 30.3 Å². The van der Waals surface area contributed by atoms with E-state index in [-0.39, 0.29) is 18.0 Å². The van der Waals surface area contributed by atoms with E-state index in [2.05, 4.69) is 36.6 Å². The van der Waals surface area contributed by atoms with Crippen molar-refractivity contribution in [2.75, 3.05) is 7.05 Å². The lowest BCUT2D eigenvalue weighted by molar-refractivity contribution is -0.719. The van der Waals surface area contributed by atoms with Crippen LogP contribution in [0.1, 0.15) is 32.4 Å². The maximum atomic E-state index is 11.9. The minimum atomic E-state index is -0.476. The number of imide groups is 1. The minimum Gasteiger partial charge on any atom is -0.341 e. The van der Waals surface area contributed by atoms with E-state index in [0.29, 0.717) is 5.92 Å². The SMILES string of the molecule is CNC(=O)NC(=O)[C@@H](C)[NH2+][C@H](c1ccccc1)C(C)C. The molecule has 0 aromatic heterocycles. The van der Waals surface area contributed by atoms with Crippen molar-refractivity contribution in [1.82, 2.24) is 10.6 Å². The summed E-state index contributed by atoms with van der Waals surface area (Å²) in [7, 11) is 1.48. The van der Waals surface area contributed by atoms with Gasteiger partial charge in [0.1, 0.15) is 6.04 Å². The molecule has 0 bridgehead atoms. The summed E-state index contributed by atoms with van der Waals surface area (Å²) >= 11 is 0. The highest BCUT2D eigenvalue weighted by Gasteiger charge is 2.26. The second-order valence-electron chi connectivity index (χ2n) is 5.23. The monoisotopic (exact) mass is 278 g/mol. The first kappa shape index (κ1) is 16.2. The molecule has 0 spiro atoms. The second kappa shape index (κ2) is 7.65. The standard InChI is InChI=1S/C15H23N3O2/c1-10(2)13(12-8-6-5-7-9-12)17-11(3)14(19)18-15(20)16-4/h5-11,13,17H,1-4H3,(H2,16,18,19,20)/p+1/t11-,13+/m1/s1. The molecule has 110 valence electrons. The number of benzene rings is 1. The molecule has 0 saturated carbocycles. The number of nitrogens with two attached hydrogens (primary N) is 1. The molecule has 0 unspecified atom stereocenters. The van der Waals surface area contributed by atoms with Gasteiger partial charge in [0, 0.05) is 18.5 Å². The third-order valence-electron chi connectivity index (χ3n) is 3.28. The molecule has 1 rings (SSSR count). The summed E-state index contributed by atoms with van der Waals surface area (Å²) in [5, 5.41) is 6.68. The summed E-state index contributed by atoms with van der Waals surface area (Å²) in [4.78, 5) is 23.1. The van der Waals surface area contributed by atoms with Crippen molar-refractivity contribution >= 4 is 11.9 Å². The number of carbonyl (C=O) groups excluding carboxylic acids is 2. The Morgan fingerprint density at radius 2 is 1.70 bits per heavy atom. The molecule has 5 heteroatoms. The molecule has 0 heterocycles. The van der Waals surface area contributed by atoms with Gasteiger partial charge < -0.3 is 10.6 Å². The van der Waals surface area contributed by atoms with Gasteiger partial charge in [0.05, 0.1) is 0 Å². The molecule has 0 radical (unpaired) electrons. The largest absolute Gasteiger partial charge is 0.341 e. The minimum absolute atomic E-state index is 0.182. The zero-order valence-corrected chi connectivity index (χ0v) is 12.5. The molecule has 4 N–H and O–H groups in total. The van der Waals surface area contributed by atoms with Crippen LogP contribution in [-0.4, -0.2) is 25.0 Å². The number of hydrogen-bond donors (Lipinski definition) is 3. The van der Waals surface area contributed by atoms with Crippen molar-refractivity contribution in [2.24, 2.45) is 5.92 Å². The van der Waals surface area contributed by atoms with Crippen LogP contribution in [0.25, 0.3) is 0 Å². The molecular formula is C15H24N3O2+. The number of nitrogens with one attached hydrogen (secondary N) is 2. The van der Waals surface area contributed by atoms with Gasteiger partial charge in [-0.2, -0.15) is 0 Å². The van der Waals surface area contributed by atoms with Gasteiger partial charge in [0.15, 0.2) is 6.04 Å². The number of amides is 3. The predicted octanol–water partition coefficient (Wildman–Crippen LogP) is 0.791. The molecule has 2 atom stereocenters. The first-order chi connectivity index (χ1) is 9.45. The van der Waals surface area contributed by atoms with Gasteiger partial charge in [-0.1, -0.05) is 44.2 Å². The molecule has 1 aromatic rings. The average Bonchev–Trinajstić information content (AvgIpc) is 2.44. The lowest BCUT2D eigenvalue weighted by Gasteiger charge is -2.22. The highest BCUT2D eigenvalue weighted by atomic mass is 16.2. The van der Waals surface area contributed by atoms with Crippen molar-refractivity contribution in [3.63, 3.8) is 0 Å². The number of rotatable bonds is 5. The van der Waals surface area contributed by atoms with Gasteiger partial charge in [-0.3, -0.25) is 10.1 Å². The van der Waals surface area contributed by atoms with Crippen molar-refractivity contribution in [3.8, 4) is 0 Å². The summed E-state index contributed by atoms with van der Waals surface area (Å²) < 4.78 is 0. The van der Waals surface area contributed by atoms with Crippen molar-refractivity contribution < 1.29 is 14.9 Å². The van der Waals surface area contributed by atoms with E-state index in [1.807, 2.05) is 23.5 Å². The Balaban J connectivity index is 2.71. The van der Waals surface area contributed by atoms with Crippen molar-refractivity contribution in [2.45, 2.75) is 32.9 Å². The smallest absolute Gasteiger partial charge is 0.321 e. The lowest BCUT2D eigenvalue weighted by atomic mass is 9.95. The summed E-state index contributed by atoms with van der Waals surface area (Å²) in [5.41, 5.74) is 1.18. The molecule has 0 aliphatic carbocycles. The third kappa shape index (κ3) is 4.66. The van der Waals surface area contributed by atoms with Crippen LogP contribution in [0.3, 0.4) is 0 Å².